The standard InChI is InChI=1S/C10H14N4O4S2/c1-20(17,18)9-6-19-5-4-13(9)10-7(14(15)16)2-3-8(11)12-10/h2-3,9H,4-6H2,1H3,(H2,11,12). The Hall–Kier alpha value is -1.55. The molecule has 0 radical (unpaired) electrons. The Balaban J connectivity index is 2.52. The summed E-state index contributed by atoms with van der Waals surface area (Å²) >= 11 is 1.50. The van der Waals surface area contributed by atoms with E-state index in [2.05, 4.69) is 4.98 Å². The van der Waals surface area contributed by atoms with Crippen molar-refractivity contribution < 1.29 is 13.3 Å². The molecule has 1 aliphatic rings. The highest BCUT2D eigenvalue weighted by molar-refractivity contribution is 8.01. The fourth-order valence-corrected chi connectivity index (χ4v) is 4.81. The lowest BCUT2D eigenvalue weighted by Gasteiger charge is -2.34. The smallest absolute Gasteiger partial charge is 0.311 e. The van der Waals surface area contributed by atoms with Crippen LogP contribution in [0.5, 0.6) is 0 Å². The van der Waals surface area contributed by atoms with Gasteiger partial charge >= 0.3 is 5.69 Å². The summed E-state index contributed by atoms with van der Waals surface area (Å²) in [6, 6.07) is 2.58. The summed E-state index contributed by atoms with van der Waals surface area (Å²) in [5.41, 5.74) is 5.34. The van der Waals surface area contributed by atoms with E-state index in [1.54, 1.807) is 0 Å². The van der Waals surface area contributed by atoms with E-state index in [4.69, 9.17) is 5.73 Å². The SMILES string of the molecule is CS(=O)(=O)C1CSCCN1c1nc(N)ccc1[N+](=O)[O-]. The minimum Gasteiger partial charge on any atom is -0.384 e. The third-order valence-electron chi connectivity index (χ3n) is 2.92. The number of hydrogen-bond acceptors (Lipinski definition) is 8. The van der Waals surface area contributed by atoms with Crippen molar-refractivity contribution in [2.75, 3.05) is 34.9 Å². The molecule has 0 bridgehead atoms. The lowest BCUT2D eigenvalue weighted by molar-refractivity contribution is -0.384. The molecule has 0 spiro atoms. The second-order valence-corrected chi connectivity index (χ2v) is 7.74. The summed E-state index contributed by atoms with van der Waals surface area (Å²) in [5.74, 6) is 1.17. The fraction of sp³-hybridized carbons (Fsp3) is 0.500. The van der Waals surface area contributed by atoms with Crippen molar-refractivity contribution >= 4 is 38.9 Å². The van der Waals surface area contributed by atoms with E-state index in [1.165, 1.54) is 28.8 Å². The second kappa shape index (κ2) is 5.44. The van der Waals surface area contributed by atoms with Crippen molar-refractivity contribution in [3.8, 4) is 0 Å². The van der Waals surface area contributed by atoms with Gasteiger partial charge in [-0.3, -0.25) is 10.1 Å². The van der Waals surface area contributed by atoms with E-state index in [9.17, 15) is 18.5 Å². The lowest BCUT2D eigenvalue weighted by Crippen LogP contribution is -2.47. The first kappa shape index (κ1) is 14.9. The maximum atomic E-state index is 11.9. The van der Waals surface area contributed by atoms with Crippen molar-refractivity contribution in [1.29, 1.82) is 0 Å². The normalized spacial score (nSPS) is 19.9. The summed E-state index contributed by atoms with van der Waals surface area (Å²) in [4.78, 5) is 15.9. The number of aromatic nitrogens is 1. The minimum atomic E-state index is -3.38. The highest BCUT2D eigenvalue weighted by Crippen LogP contribution is 2.32. The molecule has 1 aromatic rings. The van der Waals surface area contributed by atoms with Crippen molar-refractivity contribution in [2.45, 2.75) is 5.37 Å². The zero-order valence-corrected chi connectivity index (χ0v) is 12.4. The number of sulfone groups is 1. The summed E-state index contributed by atoms with van der Waals surface area (Å²) in [7, 11) is -3.38. The molecular formula is C10H14N4O4S2. The van der Waals surface area contributed by atoms with Gasteiger partial charge in [-0.1, -0.05) is 0 Å². The van der Waals surface area contributed by atoms with Crippen molar-refractivity contribution in [3.05, 3.63) is 22.2 Å². The number of nitrogens with zero attached hydrogens (tertiary/aromatic N) is 3. The van der Waals surface area contributed by atoms with Gasteiger partial charge in [-0.05, 0) is 6.07 Å². The van der Waals surface area contributed by atoms with Gasteiger partial charge in [-0.2, -0.15) is 11.8 Å². The zero-order chi connectivity index (χ0) is 14.9. The largest absolute Gasteiger partial charge is 0.384 e. The third kappa shape index (κ3) is 2.96. The number of anilines is 2. The molecule has 1 fully saturated rings. The number of hydrogen-bond donors (Lipinski definition) is 1. The van der Waals surface area contributed by atoms with Crippen LogP contribution in [-0.2, 0) is 9.84 Å². The molecule has 20 heavy (non-hydrogen) atoms. The van der Waals surface area contributed by atoms with Gasteiger partial charge in [-0.25, -0.2) is 13.4 Å². The molecule has 8 nitrogen and oxygen atoms in total. The topological polar surface area (TPSA) is 119 Å². The van der Waals surface area contributed by atoms with Crippen molar-refractivity contribution in [3.63, 3.8) is 0 Å². The molecule has 2 rings (SSSR count). The molecule has 1 aliphatic heterocycles. The first-order valence-electron chi connectivity index (χ1n) is 5.75. The van der Waals surface area contributed by atoms with E-state index in [0.29, 0.717) is 18.1 Å². The van der Waals surface area contributed by atoms with Crippen LogP contribution in [0.3, 0.4) is 0 Å². The van der Waals surface area contributed by atoms with Gasteiger partial charge in [0.1, 0.15) is 11.2 Å². The number of nitro groups is 1. The quantitative estimate of drug-likeness (QED) is 0.632. The van der Waals surface area contributed by atoms with E-state index in [1.807, 2.05) is 0 Å². The van der Waals surface area contributed by atoms with Crippen molar-refractivity contribution in [1.82, 2.24) is 4.98 Å². The molecule has 1 atom stereocenters. The number of nitrogen functional groups attached to an aromatic ring is 1. The summed E-state index contributed by atoms with van der Waals surface area (Å²) in [6.07, 6.45) is 1.12. The molecule has 110 valence electrons. The molecular weight excluding hydrogens is 304 g/mol. The van der Waals surface area contributed by atoms with Gasteiger partial charge in [0.2, 0.25) is 5.82 Å². The van der Waals surface area contributed by atoms with Gasteiger partial charge in [0.25, 0.3) is 0 Å². The highest BCUT2D eigenvalue weighted by Gasteiger charge is 2.35. The molecule has 1 unspecified atom stereocenters. The Kier molecular flexibility index (Phi) is 4.04. The molecule has 1 aromatic heterocycles. The number of nitrogens with two attached hydrogens (primary N) is 1. The highest BCUT2D eigenvalue weighted by atomic mass is 32.2. The zero-order valence-electron chi connectivity index (χ0n) is 10.7. The van der Waals surface area contributed by atoms with E-state index < -0.39 is 20.1 Å². The van der Waals surface area contributed by atoms with Gasteiger partial charge < -0.3 is 10.6 Å². The van der Waals surface area contributed by atoms with Gasteiger partial charge in [0, 0.05) is 30.4 Å². The lowest BCUT2D eigenvalue weighted by atomic mass is 10.3. The Morgan fingerprint density at radius 2 is 2.25 bits per heavy atom. The Bertz CT molecular complexity index is 634. The maximum Gasteiger partial charge on any atom is 0.311 e. The molecule has 0 saturated carbocycles. The van der Waals surface area contributed by atoms with Crippen LogP contribution < -0.4 is 10.6 Å². The molecule has 0 aliphatic carbocycles. The van der Waals surface area contributed by atoms with Gasteiger partial charge in [0.05, 0.1) is 4.92 Å². The van der Waals surface area contributed by atoms with Crippen LogP contribution in [0.2, 0.25) is 0 Å². The maximum absolute atomic E-state index is 11.9. The Morgan fingerprint density at radius 1 is 1.55 bits per heavy atom. The molecule has 0 amide bonds. The van der Waals surface area contributed by atoms with Crippen LogP contribution in [0.25, 0.3) is 0 Å². The van der Waals surface area contributed by atoms with Crippen LogP contribution in [-0.4, -0.2) is 48.0 Å². The molecule has 2 N–H and O–H groups in total. The summed E-state index contributed by atoms with van der Waals surface area (Å²) in [6.45, 7) is 0.375. The minimum absolute atomic E-state index is 0.0192. The monoisotopic (exact) mass is 318 g/mol. The van der Waals surface area contributed by atoms with Crippen LogP contribution in [0, 0.1) is 10.1 Å². The molecule has 1 saturated heterocycles. The predicted molar refractivity (Wildman–Crippen MR) is 78.6 cm³/mol. The second-order valence-electron chi connectivity index (χ2n) is 4.39. The Morgan fingerprint density at radius 3 is 2.85 bits per heavy atom. The van der Waals surface area contributed by atoms with Crippen molar-refractivity contribution in [2.24, 2.45) is 0 Å². The number of pyridine rings is 1. The van der Waals surface area contributed by atoms with E-state index in [-0.39, 0.29) is 17.3 Å². The van der Waals surface area contributed by atoms with Crippen LogP contribution in [0.1, 0.15) is 0 Å². The van der Waals surface area contributed by atoms with E-state index >= 15 is 0 Å². The van der Waals surface area contributed by atoms with Crippen LogP contribution in [0.15, 0.2) is 12.1 Å². The average molecular weight is 318 g/mol. The molecule has 0 aromatic carbocycles. The average Bonchev–Trinajstić information content (AvgIpc) is 2.37. The summed E-state index contributed by atoms with van der Waals surface area (Å²) < 4.78 is 23.7. The summed E-state index contributed by atoms with van der Waals surface area (Å²) in [5, 5.41) is 10.3. The number of rotatable bonds is 3. The van der Waals surface area contributed by atoms with E-state index in [0.717, 1.165) is 6.26 Å². The first-order chi connectivity index (χ1) is 9.30. The fourth-order valence-electron chi connectivity index (χ4n) is 1.99. The third-order valence-corrected chi connectivity index (χ3v) is 5.57. The van der Waals surface area contributed by atoms with Gasteiger partial charge in [0.15, 0.2) is 9.84 Å². The predicted octanol–water partition coefficient (Wildman–Crippen LogP) is 0.496. The van der Waals surface area contributed by atoms with Crippen LogP contribution >= 0.6 is 11.8 Å². The molecule has 2 heterocycles. The molecule has 10 heteroatoms. The van der Waals surface area contributed by atoms with Crippen LogP contribution in [0.4, 0.5) is 17.3 Å². The Labute approximate surface area is 120 Å². The van der Waals surface area contributed by atoms with Gasteiger partial charge in [-0.15, -0.1) is 0 Å². The first-order valence-corrected chi connectivity index (χ1v) is 8.86. The number of thioether (sulfide) groups is 1.